The van der Waals surface area contributed by atoms with E-state index in [0.29, 0.717) is 6.42 Å². The molecular formula is C10H22N2O2. The summed E-state index contributed by atoms with van der Waals surface area (Å²) in [5.41, 5.74) is 11.0. The Balaban J connectivity index is 3.80. The topological polar surface area (TPSA) is 89.3 Å². The minimum absolute atomic E-state index is 0.241. The van der Waals surface area contributed by atoms with E-state index in [-0.39, 0.29) is 6.54 Å². The van der Waals surface area contributed by atoms with Gasteiger partial charge in [0.25, 0.3) is 0 Å². The third kappa shape index (κ3) is 5.19. The van der Waals surface area contributed by atoms with Crippen LogP contribution in [0.3, 0.4) is 0 Å². The molecule has 14 heavy (non-hydrogen) atoms. The number of nitrogens with two attached hydrogens (primary N) is 2. The molecule has 5 N–H and O–H groups in total. The lowest BCUT2D eigenvalue weighted by Crippen LogP contribution is -2.41. The number of hydrogen-bond acceptors (Lipinski definition) is 3. The largest absolute Gasteiger partial charge is 0.481 e. The van der Waals surface area contributed by atoms with Gasteiger partial charge in [0.2, 0.25) is 0 Å². The Morgan fingerprint density at radius 1 is 1.36 bits per heavy atom. The van der Waals surface area contributed by atoms with Crippen LogP contribution in [0.15, 0.2) is 0 Å². The van der Waals surface area contributed by atoms with E-state index in [4.69, 9.17) is 16.6 Å². The van der Waals surface area contributed by atoms with Crippen molar-refractivity contribution in [3.8, 4) is 0 Å². The summed E-state index contributed by atoms with van der Waals surface area (Å²) in [6.45, 7) is 2.37. The zero-order chi connectivity index (χ0) is 11.0. The molecule has 0 bridgehead atoms. The van der Waals surface area contributed by atoms with Gasteiger partial charge in [-0.3, -0.25) is 4.79 Å². The van der Waals surface area contributed by atoms with Crippen LogP contribution in [0.25, 0.3) is 0 Å². The van der Waals surface area contributed by atoms with E-state index in [1.807, 2.05) is 0 Å². The summed E-state index contributed by atoms with van der Waals surface area (Å²) in [5, 5.41) is 8.90. The average Bonchev–Trinajstić information content (AvgIpc) is 2.16. The summed E-state index contributed by atoms with van der Waals surface area (Å²) in [4.78, 5) is 10.8. The molecule has 84 valence electrons. The lowest BCUT2D eigenvalue weighted by molar-refractivity contribution is -0.142. The summed E-state index contributed by atoms with van der Waals surface area (Å²) in [6.07, 6.45) is 4.97. The van der Waals surface area contributed by atoms with Crippen molar-refractivity contribution in [3.63, 3.8) is 0 Å². The maximum Gasteiger partial charge on any atom is 0.308 e. The number of rotatable bonds is 8. The first-order valence-corrected chi connectivity index (χ1v) is 5.31. The summed E-state index contributed by atoms with van der Waals surface area (Å²) < 4.78 is 0. The molecule has 0 amide bonds. The van der Waals surface area contributed by atoms with Crippen molar-refractivity contribution in [1.82, 2.24) is 0 Å². The van der Waals surface area contributed by atoms with Gasteiger partial charge in [-0.05, 0) is 6.42 Å². The standard InChI is InChI=1S/C10H22N2O2/c1-2-3-4-5-6-8(10(13)14)9(12)7-11/h8-9H,2-7,11-12H2,1H3,(H,13,14). The van der Waals surface area contributed by atoms with Crippen LogP contribution in [0, 0.1) is 5.92 Å². The van der Waals surface area contributed by atoms with Gasteiger partial charge < -0.3 is 16.6 Å². The summed E-state index contributed by atoms with van der Waals surface area (Å²) >= 11 is 0. The average molecular weight is 202 g/mol. The van der Waals surface area contributed by atoms with Crippen molar-refractivity contribution in [2.75, 3.05) is 6.54 Å². The molecule has 0 saturated carbocycles. The Kier molecular flexibility index (Phi) is 7.42. The highest BCUT2D eigenvalue weighted by Crippen LogP contribution is 2.13. The molecule has 0 aromatic rings. The summed E-state index contributed by atoms with van der Waals surface area (Å²) in [7, 11) is 0. The maximum atomic E-state index is 10.8. The number of aliphatic carboxylic acids is 1. The first-order valence-electron chi connectivity index (χ1n) is 5.31. The second-order valence-corrected chi connectivity index (χ2v) is 3.69. The summed E-state index contributed by atoms with van der Waals surface area (Å²) in [5.74, 6) is -1.30. The Morgan fingerprint density at radius 2 is 2.00 bits per heavy atom. The van der Waals surface area contributed by atoms with Crippen molar-refractivity contribution in [1.29, 1.82) is 0 Å². The molecule has 4 heteroatoms. The molecule has 0 heterocycles. The zero-order valence-electron chi connectivity index (χ0n) is 8.91. The lowest BCUT2D eigenvalue weighted by atomic mass is 9.94. The van der Waals surface area contributed by atoms with Crippen molar-refractivity contribution in [2.24, 2.45) is 17.4 Å². The van der Waals surface area contributed by atoms with Gasteiger partial charge in [0.05, 0.1) is 5.92 Å². The van der Waals surface area contributed by atoms with Crippen LogP contribution in [-0.2, 0) is 4.79 Å². The highest BCUT2D eigenvalue weighted by molar-refractivity contribution is 5.70. The van der Waals surface area contributed by atoms with E-state index >= 15 is 0 Å². The molecule has 0 fully saturated rings. The molecule has 0 aromatic carbocycles. The van der Waals surface area contributed by atoms with Gasteiger partial charge in [0.1, 0.15) is 0 Å². The van der Waals surface area contributed by atoms with Gasteiger partial charge in [-0.2, -0.15) is 0 Å². The molecule has 0 rings (SSSR count). The van der Waals surface area contributed by atoms with Gasteiger partial charge in [-0.1, -0.05) is 32.6 Å². The number of unbranched alkanes of at least 4 members (excludes halogenated alkanes) is 3. The fourth-order valence-electron chi connectivity index (χ4n) is 1.48. The van der Waals surface area contributed by atoms with Gasteiger partial charge in [0, 0.05) is 12.6 Å². The molecule has 0 spiro atoms. The second-order valence-electron chi connectivity index (χ2n) is 3.69. The van der Waals surface area contributed by atoms with Crippen molar-refractivity contribution < 1.29 is 9.90 Å². The molecule has 4 nitrogen and oxygen atoms in total. The van der Waals surface area contributed by atoms with Gasteiger partial charge in [0.15, 0.2) is 0 Å². The Morgan fingerprint density at radius 3 is 2.43 bits per heavy atom. The Labute approximate surface area is 85.7 Å². The first-order chi connectivity index (χ1) is 6.63. The van der Waals surface area contributed by atoms with Crippen LogP contribution in [-0.4, -0.2) is 23.7 Å². The first kappa shape index (κ1) is 13.4. The van der Waals surface area contributed by atoms with Crippen LogP contribution in [0.2, 0.25) is 0 Å². The fraction of sp³-hybridized carbons (Fsp3) is 0.900. The van der Waals surface area contributed by atoms with E-state index in [1.165, 1.54) is 0 Å². The highest BCUT2D eigenvalue weighted by atomic mass is 16.4. The van der Waals surface area contributed by atoms with Crippen LogP contribution >= 0.6 is 0 Å². The van der Waals surface area contributed by atoms with E-state index in [9.17, 15) is 4.79 Å². The van der Waals surface area contributed by atoms with E-state index in [1.54, 1.807) is 0 Å². The van der Waals surface area contributed by atoms with Gasteiger partial charge >= 0.3 is 5.97 Å². The van der Waals surface area contributed by atoms with Gasteiger partial charge in [-0.25, -0.2) is 0 Å². The molecule has 0 aromatic heterocycles. The Hall–Kier alpha value is -0.610. The lowest BCUT2D eigenvalue weighted by Gasteiger charge is -2.18. The molecule has 0 aliphatic carbocycles. The normalized spacial score (nSPS) is 15.1. The minimum Gasteiger partial charge on any atom is -0.481 e. The van der Waals surface area contributed by atoms with Crippen LogP contribution in [0.5, 0.6) is 0 Å². The second kappa shape index (κ2) is 7.76. The SMILES string of the molecule is CCCCCCC(C(=O)O)C(N)CN. The molecule has 2 unspecified atom stereocenters. The highest BCUT2D eigenvalue weighted by Gasteiger charge is 2.23. The Bertz CT molecular complexity index is 162. The van der Waals surface area contributed by atoms with Gasteiger partial charge in [-0.15, -0.1) is 0 Å². The predicted molar refractivity (Wildman–Crippen MR) is 56.9 cm³/mol. The molecular weight excluding hydrogens is 180 g/mol. The third-order valence-electron chi connectivity index (χ3n) is 2.47. The van der Waals surface area contributed by atoms with E-state index in [2.05, 4.69) is 6.92 Å². The minimum atomic E-state index is -0.820. The zero-order valence-corrected chi connectivity index (χ0v) is 8.91. The van der Waals surface area contributed by atoms with E-state index in [0.717, 1.165) is 25.7 Å². The number of carbonyl (C=O) groups is 1. The number of hydrogen-bond donors (Lipinski definition) is 3. The van der Waals surface area contributed by atoms with Crippen LogP contribution in [0.4, 0.5) is 0 Å². The predicted octanol–water partition coefficient (Wildman–Crippen LogP) is 0.944. The summed E-state index contributed by atoms with van der Waals surface area (Å²) in [6, 6.07) is -0.408. The molecule has 0 radical (unpaired) electrons. The van der Waals surface area contributed by atoms with Crippen LogP contribution < -0.4 is 11.5 Å². The fourth-order valence-corrected chi connectivity index (χ4v) is 1.48. The monoisotopic (exact) mass is 202 g/mol. The van der Waals surface area contributed by atoms with Crippen molar-refractivity contribution >= 4 is 5.97 Å². The van der Waals surface area contributed by atoms with Crippen molar-refractivity contribution in [2.45, 2.75) is 45.1 Å². The molecule has 2 atom stereocenters. The maximum absolute atomic E-state index is 10.8. The van der Waals surface area contributed by atoms with E-state index < -0.39 is 17.9 Å². The quantitative estimate of drug-likeness (QED) is 0.511. The van der Waals surface area contributed by atoms with Crippen LogP contribution in [0.1, 0.15) is 39.0 Å². The number of carboxylic acid groups (broad SMARTS) is 1. The smallest absolute Gasteiger partial charge is 0.308 e. The third-order valence-corrected chi connectivity index (χ3v) is 2.47. The molecule has 0 aliphatic rings. The number of carboxylic acids is 1. The molecule has 0 aliphatic heterocycles. The molecule has 0 saturated heterocycles. The van der Waals surface area contributed by atoms with Crippen molar-refractivity contribution in [3.05, 3.63) is 0 Å².